The molecule has 0 spiro atoms. The maximum atomic E-state index is 2.21. The summed E-state index contributed by atoms with van der Waals surface area (Å²) < 4.78 is 0. The lowest BCUT2D eigenvalue weighted by molar-refractivity contribution is 1.78. The van der Waals surface area contributed by atoms with Gasteiger partial charge in [-0.25, -0.2) is 0 Å². The molecule has 0 atom stereocenters. The van der Waals surface area contributed by atoms with E-state index in [4.69, 9.17) is 0 Å². The first kappa shape index (κ1) is 8.12. The molecule has 4 aromatic carbocycles. The van der Waals surface area contributed by atoms with Crippen molar-refractivity contribution in [3.05, 3.63) is 60.7 Å². The molecule has 0 N–H and O–H groups in total. The lowest BCUT2D eigenvalue weighted by Gasteiger charge is -2.09. The SMILES string of the molecule is c1cc2ccc3cc[14cH]c4ccc(c1)c2c34. The molecule has 0 nitrogen and oxygen atoms in total. The third kappa shape index (κ3) is 0.892. The van der Waals surface area contributed by atoms with Crippen LogP contribution in [-0.4, -0.2) is 0 Å². The minimum absolute atomic E-state index is 1.34. The van der Waals surface area contributed by atoms with E-state index in [0.29, 0.717) is 0 Å². The van der Waals surface area contributed by atoms with Gasteiger partial charge in [-0.3, -0.25) is 0 Å². The third-order valence-corrected chi connectivity index (χ3v) is 3.39. The van der Waals surface area contributed by atoms with Crippen molar-refractivity contribution in [2.24, 2.45) is 0 Å². The van der Waals surface area contributed by atoms with Crippen molar-refractivity contribution >= 4 is 32.3 Å². The minimum atomic E-state index is 1.34. The molecular formula is C16H10. The predicted octanol–water partition coefficient (Wildman–Crippen LogP) is 4.58. The average Bonchev–Trinajstić information content (AvgIpc) is 2.36. The highest BCUT2D eigenvalue weighted by molar-refractivity contribution is 6.22. The van der Waals surface area contributed by atoms with Crippen molar-refractivity contribution in [1.82, 2.24) is 0 Å². The lowest BCUT2D eigenvalue weighted by atomic mass is 9.97. The molecule has 0 aliphatic heterocycles. The first-order valence-electron chi connectivity index (χ1n) is 5.56. The van der Waals surface area contributed by atoms with Crippen molar-refractivity contribution < 1.29 is 0 Å². The molecule has 16 heavy (non-hydrogen) atoms. The summed E-state index contributed by atoms with van der Waals surface area (Å²) >= 11 is 0. The van der Waals surface area contributed by atoms with E-state index in [2.05, 4.69) is 60.7 Å². The van der Waals surface area contributed by atoms with Crippen LogP contribution in [0.4, 0.5) is 0 Å². The van der Waals surface area contributed by atoms with Crippen LogP contribution < -0.4 is 0 Å². The van der Waals surface area contributed by atoms with Gasteiger partial charge < -0.3 is 0 Å². The van der Waals surface area contributed by atoms with Crippen molar-refractivity contribution in [3.8, 4) is 0 Å². The number of hydrogen-bond donors (Lipinski definition) is 0. The molecule has 4 rings (SSSR count). The third-order valence-electron chi connectivity index (χ3n) is 3.39. The molecule has 0 unspecified atom stereocenters. The van der Waals surface area contributed by atoms with Crippen molar-refractivity contribution in [3.63, 3.8) is 0 Å². The Bertz CT molecular complexity index is 667. The summed E-state index contributed by atoms with van der Waals surface area (Å²) in [6.07, 6.45) is 0. The second kappa shape index (κ2) is 2.73. The van der Waals surface area contributed by atoms with Gasteiger partial charge >= 0.3 is 0 Å². The van der Waals surface area contributed by atoms with Gasteiger partial charge in [0.15, 0.2) is 0 Å². The highest BCUT2D eigenvalue weighted by Crippen LogP contribution is 2.33. The first-order valence-corrected chi connectivity index (χ1v) is 5.56. The summed E-state index contributed by atoms with van der Waals surface area (Å²) in [4.78, 5) is 0. The zero-order valence-electron chi connectivity index (χ0n) is 8.77. The maximum Gasteiger partial charge on any atom is -0.00268 e. The fraction of sp³-hybridized carbons (Fsp3) is 0. The van der Waals surface area contributed by atoms with Crippen LogP contribution in [0.5, 0.6) is 0 Å². The van der Waals surface area contributed by atoms with E-state index in [-0.39, 0.29) is 0 Å². The molecule has 0 saturated carbocycles. The van der Waals surface area contributed by atoms with E-state index >= 15 is 0 Å². The summed E-state index contributed by atoms with van der Waals surface area (Å²) in [5.41, 5.74) is 0. The van der Waals surface area contributed by atoms with Crippen LogP contribution >= 0.6 is 0 Å². The van der Waals surface area contributed by atoms with Crippen LogP contribution in [0.2, 0.25) is 0 Å². The Hall–Kier alpha value is -2.08. The fourth-order valence-corrected chi connectivity index (χ4v) is 2.67. The molecule has 0 heteroatoms. The van der Waals surface area contributed by atoms with E-state index in [1.54, 1.807) is 0 Å². The summed E-state index contributed by atoms with van der Waals surface area (Å²) in [7, 11) is 0. The van der Waals surface area contributed by atoms with Crippen molar-refractivity contribution in [2.45, 2.75) is 0 Å². The molecule has 0 bridgehead atoms. The Kier molecular flexibility index (Phi) is 1.39. The van der Waals surface area contributed by atoms with E-state index < -0.39 is 0 Å². The van der Waals surface area contributed by atoms with Gasteiger partial charge in [0.05, 0.1) is 0 Å². The van der Waals surface area contributed by atoms with E-state index in [1.807, 2.05) is 0 Å². The Morgan fingerprint density at radius 2 is 1.31 bits per heavy atom. The Balaban J connectivity index is 2.51. The monoisotopic (exact) mass is 204 g/mol. The van der Waals surface area contributed by atoms with Gasteiger partial charge in [0.2, 0.25) is 0 Å². The molecule has 0 radical (unpaired) electrons. The van der Waals surface area contributed by atoms with Gasteiger partial charge in [-0.2, -0.15) is 0 Å². The molecule has 0 aromatic heterocycles. The first-order chi connectivity index (χ1) is 7.93. The number of rotatable bonds is 0. The number of hydrogen-bond acceptors (Lipinski definition) is 0. The van der Waals surface area contributed by atoms with Gasteiger partial charge in [0, 0.05) is 0 Å². The van der Waals surface area contributed by atoms with Crippen LogP contribution in [0, 0.1) is 0 Å². The fourth-order valence-electron chi connectivity index (χ4n) is 2.67. The molecule has 0 saturated heterocycles. The smallest absolute Gasteiger partial charge is 0.00268 e. The largest absolute Gasteiger partial charge is 0.0610 e. The van der Waals surface area contributed by atoms with Gasteiger partial charge in [-0.15, -0.1) is 0 Å². The van der Waals surface area contributed by atoms with Crippen LogP contribution in [0.25, 0.3) is 32.3 Å². The zero-order chi connectivity index (χ0) is 10.5. The van der Waals surface area contributed by atoms with Crippen molar-refractivity contribution in [2.75, 3.05) is 0 Å². The number of benzene rings is 4. The van der Waals surface area contributed by atoms with E-state index in [9.17, 15) is 0 Å². The molecular weight excluding hydrogens is 194 g/mol. The molecule has 0 heterocycles. The molecule has 0 amide bonds. The van der Waals surface area contributed by atoms with Gasteiger partial charge in [0.1, 0.15) is 0 Å². The second-order valence-electron chi connectivity index (χ2n) is 4.29. The van der Waals surface area contributed by atoms with Crippen molar-refractivity contribution in [1.29, 1.82) is 0 Å². The van der Waals surface area contributed by atoms with Crippen LogP contribution in [0.3, 0.4) is 0 Å². The summed E-state index contributed by atoms with van der Waals surface area (Å²) in [6, 6.07) is 21.9. The standard InChI is InChI=1S/C16H10/c1-3-11-7-9-13-5-2-6-14-10-8-12(4-1)15(11)16(13)14/h1-10H/i3+2. The van der Waals surface area contributed by atoms with Gasteiger partial charge in [-0.05, 0) is 32.3 Å². The summed E-state index contributed by atoms with van der Waals surface area (Å²) in [5, 5.41) is 8.14. The predicted molar refractivity (Wildman–Crippen MR) is 70.1 cm³/mol. The summed E-state index contributed by atoms with van der Waals surface area (Å²) in [5.74, 6) is 0. The average molecular weight is 204 g/mol. The lowest BCUT2D eigenvalue weighted by Crippen LogP contribution is -1.82. The van der Waals surface area contributed by atoms with E-state index in [0.717, 1.165) is 0 Å². The van der Waals surface area contributed by atoms with E-state index in [1.165, 1.54) is 32.3 Å². The minimum Gasteiger partial charge on any atom is -0.0610 e. The molecule has 0 aliphatic rings. The zero-order valence-corrected chi connectivity index (χ0v) is 8.77. The normalized spacial score (nSPS) is 11.8. The van der Waals surface area contributed by atoms with Crippen LogP contribution in [-0.2, 0) is 0 Å². The van der Waals surface area contributed by atoms with Gasteiger partial charge in [-0.1, -0.05) is 60.7 Å². The Morgan fingerprint density at radius 1 is 0.625 bits per heavy atom. The van der Waals surface area contributed by atoms with Crippen LogP contribution in [0.15, 0.2) is 60.7 Å². The second-order valence-corrected chi connectivity index (χ2v) is 4.29. The summed E-state index contributed by atoms with van der Waals surface area (Å²) in [6.45, 7) is 0. The molecule has 74 valence electrons. The highest BCUT2D eigenvalue weighted by atomic mass is 14.6. The highest BCUT2D eigenvalue weighted by Gasteiger charge is 2.05. The Labute approximate surface area is 93.5 Å². The maximum absolute atomic E-state index is 2.21. The van der Waals surface area contributed by atoms with Crippen LogP contribution in [0.1, 0.15) is 0 Å². The Morgan fingerprint density at radius 3 is 2.12 bits per heavy atom. The molecule has 0 aliphatic carbocycles. The molecule has 4 aromatic rings. The molecule has 0 fully saturated rings. The quantitative estimate of drug-likeness (QED) is 0.368. The topological polar surface area (TPSA) is 0 Å². The van der Waals surface area contributed by atoms with Gasteiger partial charge in [0.25, 0.3) is 0 Å².